The van der Waals surface area contributed by atoms with E-state index in [0.717, 1.165) is 27.6 Å². The number of imidazole rings is 1. The van der Waals surface area contributed by atoms with Crippen molar-refractivity contribution in [3.05, 3.63) is 72.3 Å². The second kappa shape index (κ2) is 9.65. The Morgan fingerprint density at radius 1 is 1.16 bits per heavy atom. The lowest BCUT2D eigenvalue weighted by atomic mass is 10.1. The summed E-state index contributed by atoms with van der Waals surface area (Å²) in [5.74, 6) is 0.813. The van der Waals surface area contributed by atoms with Crippen LogP contribution in [0.15, 0.2) is 60.9 Å². The van der Waals surface area contributed by atoms with Gasteiger partial charge in [-0.25, -0.2) is 13.4 Å². The minimum atomic E-state index is -3.71. The number of benzene rings is 2. The summed E-state index contributed by atoms with van der Waals surface area (Å²) >= 11 is 0. The van der Waals surface area contributed by atoms with Crippen molar-refractivity contribution in [3.8, 4) is 11.4 Å². The van der Waals surface area contributed by atoms with Gasteiger partial charge >= 0.3 is 0 Å². The van der Waals surface area contributed by atoms with Gasteiger partial charge in [-0.15, -0.1) is 0 Å². The molecule has 0 aliphatic heterocycles. The summed E-state index contributed by atoms with van der Waals surface area (Å²) < 4.78 is 33.4. The Morgan fingerprint density at radius 3 is 2.55 bits per heavy atom. The molecule has 0 aliphatic carbocycles. The van der Waals surface area contributed by atoms with Crippen molar-refractivity contribution in [2.24, 2.45) is 0 Å². The van der Waals surface area contributed by atoms with Crippen LogP contribution in [0.2, 0.25) is 0 Å². The van der Waals surface area contributed by atoms with Crippen LogP contribution >= 0.6 is 0 Å². The molecule has 0 aliphatic rings. The molecule has 8 nitrogen and oxygen atoms in total. The number of carbonyl (C=O) groups excluding carboxylic acids is 1. The summed E-state index contributed by atoms with van der Waals surface area (Å²) in [6.45, 7) is 3.99. The largest absolute Gasteiger partial charge is 0.492 e. The summed E-state index contributed by atoms with van der Waals surface area (Å²) in [5, 5.41) is 2.82. The monoisotopic (exact) mass is 442 g/mol. The number of amides is 1. The average molecular weight is 443 g/mol. The maximum atomic E-state index is 12.7. The van der Waals surface area contributed by atoms with Gasteiger partial charge in [0.25, 0.3) is 0 Å². The van der Waals surface area contributed by atoms with E-state index in [1.54, 1.807) is 30.5 Å². The first-order valence-corrected chi connectivity index (χ1v) is 11.7. The van der Waals surface area contributed by atoms with Gasteiger partial charge in [0.05, 0.1) is 24.2 Å². The lowest BCUT2D eigenvalue weighted by Crippen LogP contribution is -2.40. The molecule has 0 saturated carbocycles. The number of aryl methyl sites for hydroxylation is 1. The third kappa shape index (κ3) is 5.43. The Morgan fingerprint density at radius 2 is 1.87 bits per heavy atom. The molecule has 0 unspecified atom stereocenters. The predicted molar refractivity (Wildman–Crippen MR) is 120 cm³/mol. The van der Waals surface area contributed by atoms with Crippen LogP contribution in [0.3, 0.4) is 0 Å². The molecular formula is C22H26N4O4S. The Balaban J connectivity index is 1.78. The van der Waals surface area contributed by atoms with Crippen LogP contribution < -0.4 is 14.4 Å². The van der Waals surface area contributed by atoms with Crippen molar-refractivity contribution < 1.29 is 17.9 Å². The standard InChI is InChI=1S/C22H26N4O4S/c1-4-30-21-12-8-7-11-20(21)26(31(3,28)29)16-22(27)24-15-18-9-5-6-10-19(18)25-14-13-23-17(25)2/h5-14H,4,15-16H2,1-3H3,(H,24,27). The van der Waals surface area contributed by atoms with Gasteiger partial charge in [-0.2, -0.15) is 0 Å². The zero-order chi connectivity index (χ0) is 22.4. The van der Waals surface area contributed by atoms with Crippen LogP contribution in [-0.2, 0) is 21.4 Å². The van der Waals surface area contributed by atoms with Crippen molar-refractivity contribution in [2.75, 3.05) is 23.7 Å². The number of hydrogen-bond acceptors (Lipinski definition) is 5. The fourth-order valence-corrected chi connectivity index (χ4v) is 4.09. The van der Waals surface area contributed by atoms with Crippen LogP contribution in [0.25, 0.3) is 5.69 Å². The Hall–Kier alpha value is -3.33. The smallest absolute Gasteiger partial charge is 0.241 e. The molecule has 0 bridgehead atoms. The van der Waals surface area contributed by atoms with E-state index in [2.05, 4.69) is 10.3 Å². The maximum absolute atomic E-state index is 12.7. The number of carbonyl (C=O) groups is 1. The van der Waals surface area contributed by atoms with E-state index in [9.17, 15) is 13.2 Å². The number of ether oxygens (including phenoxy) is 1. The number of nitrogens with zero attached hydrogens (tertiary/aromatic N) is 3. The van der Waals surface area contributed by atoms with E-state index >= 15 is 0 Å². The van der Waals surface area contributed by atoms with E-state index in [4.69, 9.17) is 4.74 Å². The van der Waals surface area contributed by atoms with Gasteiger partial charge in [0.15, 0.2) is 0 Å². The predicted octanol–water partition coefficient (Wildman–Crippen LogP) is 2.66. The molecular weight excluding hydrogens is 416 g/mol. The van der Waals surface area contributed by atoms with Gasteiger partial charge in [0.2, 0.25) is 15.9 Å². The second-order valence-corrected chi connectivity index (χ2v) is 8.83. The van der Waals surface area contributed by atoms with Gasteiger partial charge in [0.1, 0.15) is 18.1 Å². The molecule has 1 heterocycles. The van der Waals surface area contributed by atoms with E-state index in [1.165, 1.54) is 0 Å². The highest BCUT2D eigenvalue weighted by Crippen LogP contribution is 2.29. The average Bonchev–Trinajstić information content (AvgIpc) is 3.16. The number of aromatic nitrogens is 2. The number of anilines is 1. The number of hydrogen-bond donors (Lipinski definition) is 1. The Labute approximate surface area is 182 Å². The van der Waals surface area contributed by atoms with E-state index in [1.807, 2.05) is 48.9 Å². The Kier molecular flexibility index (Phi) is 6.96. The highest BCUT2D eigenvalue weighted by Gasteiger charge is 2.24. The van der Waals surface area contributed by atoms with Crippen LogP contribution in [0, 0.1) is 6.92 Å². The Bertz CT molecular complexity index is 1160. The molecule has 3 aromatic rings. The number of rotatable bonds is 9. The van der Waals surface area contributed by atoms with Crippen LogP contribution in [0.4, 0.5) is 5.69 Å². The van der Waals surface area contributed by atoms with Gasteiger partial charge in [0, 0.05) is 18.9 Å². The normalized spacial score (nSPS) is 11.2. The lowest BCUT2D eigenvalue weighted by Gasteiger charge is -2.24. The van der Waals surface area contributed by atoms with Crippen molar-refractivity contribution >= 4 is 21.6 Å². The number of sulfonamides is 1. The first-order chi connectivity index (χ1) is 14.8. The van der Waals surface area contributed by atoms with Gasteiger partial charge < -0.3 is 14.6 Å². The molecule has 0 atom stereocenters. The van der Waals surface area contributed by atoms with Gasteiger partial charge in [-0.05, 0) is 37.6 Å². The van der Waals surface area contributed by atoms with Gasteiger partial charge in [-0.1, -0.05) is 30.3 Å². The molecule has 3 rings (SSSR count). The van der Waals surface area contributed by atoms with E-state index < -0.39 is 15.9 Å². The first kappa shape index (κ1) is 22.4. The highest BCUT2D eigenvalue weighted by atomic mass is 32.2. The molecule has 2 aromatic carbocycles. The molecule has 0 radical (unpaired) electrons. The van der Waals surface area contributed by atoms with E-state index in [-0.39, 0.29) is 13.1 Å². The zero-order valence-electron chi connectivity index (χ0n) is 17.8. The minimum absolute atomic E-state index is 0.247. The summed E-state index contributed by atoms with van der Waals surface area (Å²) in [6, 6.07) is 14.4. The van der Waals surface area contributed by atoms with Crippen molar-refractivity contribution in [1.29, 1.82) is 0 Å². The minimum Gasteiger partial charge on any atom is -0.492 e. The maximum Gasteiger partial charge on any atom is 0.241 e. The molecule has 31 heavy (non-hydrogen) atoms. The number of para-hydroxylation sites is 3. The first-order valence-electron chi connectivity index (χ1n) is 9.85. The molecule has 0 saturated heterocycles. The van der Waals surface area contributed by atoms with Crippen molar-refractivity contribution in [1.82, 2.24) is 14.9 Å². The molecule has 1 N–H and O–H groups in total. The van der Waals surface area contributed by atoms with Crippen LogP contribution in [-0.4, -0.2) is 43.3 Å². The molecule has 9 heteroatoms. The van der Waals surface area contributed by atoms with E-state index in [0.29, 0.717) is 18.0 Å². The third-order valence-electron chi connectivity index (χ3n) is 4.67. The zero-order valence-corrected chi connectivity index (χ0v) is 18.6. The summed E-state index contributed by atoms with van der Waals surface area (Å²) in [7, 11) is -3.71. The van der Waals surface area contributed by atoms with Crippen molar-refractivity contribution in [3.63, 3.8) is 0 Å². The fourth-order valence-electron chi connectivity index (χ4n) is 3.23. The second-order valence-electron chi connectivity index (χ2n) is 6.92. The van der Waals surface area contributed by atoms with Crippen LogP contribution in [0.5, 0.6) is 5.75 Å². The molecule has 0 spiro atoms. The summed E-state index contributed by atoms with van der Waals surface area (Å²) in [4.78, 5) is 16.9. The molecule has 1 aromatic heterocycles. The quantitative estimate of drug-likeness (QED) is 0.550. The topological polar surface area (TPSA) is 93.5 Å². The number of nitrogens with one attached hydrogen (secondary N) is 1. The molecule has 0 fully saturated rings. The lowest BCUT2D eigenvalue weighted by molar-refractivity contribution is -0.119. The van der Waals surface area contributed by atoms with Crippen LogP contribution in [0.1, 0.15) is 18.3 Å². The third-order valence-corrected chi connectivity index (χ3v) is 5.80. The summed E-state index contributed by atoms with van der Waals surface area (Å²) in [6.07, 6.45) is 4.64. The van der Waals surface area contributed by atoms with Gasteiger partial charge in [-0.3, -0.25) is 9.10 Å². The molecule has 1 amide bonds. The fraction of sp³-hybridized carbons (Fsp3) is 0.273. The molecule has 164 valence electrons. The highest BCUT2D eigenvalue weighted by molar-refractivity contribution is 7.92. The summed E-state index contributed by atoms with van der Waals surface area (Å²) in [5.41, 5.74) is 2.12. The SMILES string of the molecule is CCOc1ccccc1N(CC(=O)NCc1ccccc1-n1ccnc1C)S(C)(=O)=O. The van der Waals surface area contributed by atoms with Crippen molar-refractivity contribution in [2.45, 2.75) is 20.4 Å².